The van der Waals surface area contributed by atoms with E-state index in [9.17, 15) is 4.79 Å². The molecule has 96 valence electrons. The smallest absolute Gasteiger partial charge is 0.260 e. The van der Waals surface area contributed by atoms with E-state index in [4.69, 9.17) is 4.84 Å². The molecule has 0 saturated heterocycles. The predicted octanol–water partition coefficient (Wildman–Crippen LogP) is 3.54. The van der Waals surface area contributed by atoms with E-state index < -0.39 is 0 Å². The first-order valence-corrected chi connectivity index (χ1v) is 7.31. The number of carbonyl (C=O) groups excluding carboxylic acids is 1. The third-order valence-corrected chi connectivity index (χ3v) is 4.47. The number of carbonyl (C=O) groups is 1. The fourth-order valence-electron chi connectivity index (χ4n) is 3.10. The minimum absolute atomic E-state index is 0.00694. The van der Waals surface area contributed by atoms with E-state index in [0.29, 0.717) is 5.92 Å². The first-order chi connectivity index (χ1) is 8.75. The van der Waals surface area contributed by atoms with Crippen LogP contribution in [0.1, 0.15) is 43.6 Å². The highest BCUT2D eigenvalue weighted by molar-refractivity contribution is 9.10. The molecule has 18 heavy (non-hydrogen) atoms. The fraction of sp³-hybridized carbons (Fsp3) is 0.500. The molecule has 1 amide bonds. The number of hydrogen-bond donors (Lipinski definition) is 1. The summed E-state index contributed by atoms with van der Waals surface area (Å²) >= 11 is 3.47. The Bertz CT molecular complexity index is 469. The molecule has 1 N–H and O–H groups in total. The zero-order valence-corrected chi connectivity index (χ0v) is 11.7. The quantitative estimate of drug-likeness (QED) is 0.861. The van der Waals surface area contributed by atoms with E-state index in [2.05, 4.69) is 21.4 Å². The molecule has 1 aliphatic carbocycles. The molecule has 1 saturated carbocycles. The maximum atomic E-state index is 12.1. The Morgan fingerprint density at radius 1 is 1.22 bits per heavy atom. The number of hydroxylamine groups is 1. The summed E-state index contributed by atoms with van der Waals surface area (Å²) in [6.07, 6.45) is 6.05. The van der Waals surface area contributed by atoms with Crippen LogP contribution in [0.15, 0.2) is 22.7 Å². The van der Waals surface area contributed by atoms with Crippen LogP contribution in [0.2, 0.25) is 0 Å². The van der Waals surface area contributed by atoms with Crippen LogP contribution in [0, 0.1) is 5.92 Å². The second-order valence-electron chi connectivity index (χ2n) is 5.13. The summed E-state index contributed by atoms with van der Waals surface area (Å²) in [4.78, 5) is 17.4. The zero-order chi connectivity index (χ0) is 12.5. The van der Waals surface area contributed by atoms with Crippen LogP contribution in [0.4, 0.5) is 0 Å². The van der Waals surface area contributed by atoms with Crippen molar-refractivity contribution in [2.45, 2.75) is 38.0 Å². The Kier molecular flexibility index (Phi) is 3.29. The van der Waals surface area contributed by atoms with Crippen LogP contribution in [0.25, 0.3) is 0 Å². The second kappa shape index (κ2) is 4.92. The predicted molar refractivity (Wildman–Crippen MR) is 72.2 cm³/mol. The minimum atomic E-state index is -0.0495. The molecule has 3 nitrogen and oxygen atoms in total. The van der Waals surface area contributed by atoms with Crippen molar-refractivity contribution in [2.75, 3.05) is 0 Å². The Labute approximate surface area is 115 Å². The monoisotopic (exact) mass is 309 g/mol. The Morgan fingerprint density at radius 2 is 2.00 bits per heavy atom. The summed E-state index contributed by atoms with van der Waals surface area (Å²) in [5.41, 5.74) is 3.58. The van der Waals surface area contributed by atoms with Gasteiger partial charge in [-0.05, 0) is 37.0 Å². The zero-order valence-electron chi connectivity index (χ0n) is 10.1. The van der Waals surface area contributed by atoms with Crippen molar-refractivity contribution < 1.29 is 9.63 Å². The van der Waals surface area contributed by atoms with Crippen molar-refractivity contribution in [3.05, 3.63) is 28.2 Å². The molecule has 1 atom stereocenters. The molecule has 0 spiro atoms. The highest BCUT2D eigenvalue weighted by atomic mass is 79.9. The lowest BCUT2D eigenvalue weighted by atomic mass is 9.76. The van der Waals surface area contributed by atoms with Gasteiger partial charge in [0.1, 0.15) is 0 Å². The van der Waals surface area contributed by atoms with Crippen LogP contribution in [-0.4, -0.2) is 5.91 Å². The molecule has 1 aromatic rings. The fourth-order valence-corrected chi connectivity index (χ4v) is 3.48. The van der Waals surface area contributed by atoms with Gasteiger partial charge >= 0.3 is 0 Å². The van der Waals surface area contributed by atoms with Gasteiger partial charge in [-0.1, -0.05) is 35.2 Å². The molecule has 1 unspecified atom stereocenters. The van der Waals surface area contributed by atoms with E-state index in [1.807, 2.05) is 18.2 Å². The van der Waals surface area contributed by atoms with Gasteiger partial charge in [-0.2, -0.15) is 5.48 Å². The summed E-state index contributed by atoms with van der Waals surface area (Å²) in [7, 11) is 0. The van der Waals surface area contributed by atoms with Gasteiger partial charge < -0.3 is 4.84 Å². The van der Waals surface area contributed by atoms with Gasteiger partial charge in [-0.15, -0.1) is 0 Å². The van der Waals surface area contributed by atoms with Crippen molar-refractivity contribution in [3.8, 4) is 5.75 Å². The van der Waals surface area contributed by atoms with Gasteiger partial charge in [0.15, 0.2) is 5.75 Å². The van der Waals surface area contributed by atoms with Crippen LogP contribution < -0.4 is 10.3 Å². The first-order valence-electron chi connectivity index (χ1n) is 6.52. The molecule has 3 rings (SSSR count). The van der Waals surface area contributed by atoms with Crippen LogP contribution >= 0.6 is 15.9 Å². The molecule has 1 heterocycles. The average molecular weight is 310 g/mol. The van der Waals surface area contributed by atoms with E-state index in [1.165, 1.54) is 19.3 Å². The lowest BCUT2D eigenvalue weighted by Crippen LogP contribution is -2.40. The number of benzene rings is 1. The lowest BCUT2D eigenvalue weighted by molar-refractivity contribution is -0.132. The number of hydrogen-bond acceptors (Lipinski definition) is 2. The number of fused-ring (bicyclic) bond motifs is 1. The Morgan fingerprint density at radius 3 is 2.78 bits per heavy atom. The van der Waals surface area contributed by atoms with Gasteiger partial charge in [-0.3, -0.25) is 4.79 Å². The van der Waals surface area contributed by atoms with Crippen molar-refractivity contribution in [3.63, 3.8) is 0 Å². The minimum Gasteiger partial charge on any atom is -0.379 e. The summed E-state index contributed by atoms with van der Waals surface area (Å²) in [6, 6.07) is 5.87. The number of halogens is 1. The van der Waals surface area contributed by atoms with E-state index in [-0.39, 0.29) is 11.8 Å². The summed E-state index contributed by atoms with van der Waals surface area (Å²) in [5.74, 6) is 1.20. The van der Waals surface area contributed by atoms with E-state index >= 15 is 0 Å². The van der Waals surface area contributed by atoms with Gasteiger partial charge in [0.2, 0.25) is 0 Å². The van der Waals surface area contributed by atoms with Crippen molar-refractivity contribution in [2.24, 2.45) is 5.92 Å². The molecule has 0 radical (unpaired) electrons. The van der Waals surface area contributed by atoms with Crippen molar-refractivity contribution in [1.82, 2.24) is 5.48 Å². The molecular weight excluding hydrogens is 294 g/mol. The molecule has 0 aromatic heterocycles. The Hall–Kier alpha value is -1.03. The summed E-state index contributed by atoms with van der Waals surface area (Å²) in [6.45, 7) is 0. The van der Waals surface area contributed by atoms with Gasteiger partial charge in [0.25, 0.3) is 5.91 Å². The lowest BCUT2D eigenvalue weighted by Gasteiger charge is -2.33. The number of rotatable bonds is 1. The average Bonchev–Trinajstić information content (AvgIpc) is 2.39. The SMILES string of the molecule is O=C1NOc2ccc(Br)cc2C1C1CCCCC1. The number of nitrogens with one attached hydrogen (secondary N) is 1. The van der Waals surface area contributed by atoms with Crippen molar-refractivity contribution in [1.29, 1.82) is 0 Å². The molecule has 1 aliphatic heterocycles. The highest BCUT2D eigenvalue weighted by Gasteiger charge is 2.36. The largest absolute Gasteiger partial charge is 0.379 e. The van der Waals surface area contributed by atoms with Crippen LogP contribution in [0.5, 0.6) is 5.75 Å². The summed E-state index contributed by atoms with van der Waals surface area (Å²) < 4.78 is 1.00. The van der Waals surface area contributed by atoms with Gasteiger partial charge in [0.05, 0.1) is 5.92 Å². The molecule has 4 heteroatoms. The van der Waals surface area contributed by atoms with Gasteiger partial charge in [0, 0.05) is 10.0 Å². The molecule has 1 fully saturated rings. The maximum Gasteiger partial charge on any atom is 0.260 e. The van der Waals surface area contributed by atoms with E-state index in [0.717, 1.165) is 28.6 Å². The maximum absolute atomic E-state index is 12.1. The normalized spacial score (nSPS) is 24.1. The Balaban J connectivity index is 1.97. The van der Waals surface area contributed by atoms with Crippen molar-refractivity contribution >= 4 is 21.8 Å². The third kappa shape index (κ3) is 2.14. The first kappa shape index (κ1) is 12.0. The third-order valence-electron chi connectivity index (χ3n) is 3.97. The van der Waals surface area contributed by atoms with E-state index in [1.54, 1.807) is 0 Å². The second-order valence-corrected chi connectivity index (χ2v) is 6.04. The van der Waals surface area contributed by atoms with Gasteiger partial charge in [-0.25, -0.2) is 0 Å². The topological polar surface area (TPSA) is 38.3 Å². The molecule has 0 bridgehead atoms. The van der Waals surface area contributed by atoms with Crippen LogP contribution in [-0.2, 0) is 4.79 Å². The highest BCUT2D eigenvalue weighted by Crippen LogP contribution is 2.42. The molecular formula is C14H16BrNO2. The molecule has 1 aromatic carbocycles. The summed E-state index contributed by atoms with van der Waals surface area (Å²) in [5, 5.41) is 0. The molecule has 2 aliphatic rings. The number of amides is 1. The standard InChI is InChI=1S/C14H16BrNO2/c15-10-6-7-12-11(8-10)13(14(17)16-18-12)9-4-2-1-3-5-9/h6-9,13H,1-5H2,(H,16,17). The van der Waals surface area contributed by atoms with Crippen LogP contribution in [0.3, 0.4) is 0 Å².